The van der Waals surface area contributed by atoms with Crippen molar-refractivity contribution in [2.24, 2.45) is 16.3 Å². The molecule has 0 aromatic rings. The summed E-state index contributed by atoms with van der Waals surface area (Å²) >= 11 is 0. The molecule has 0 heterocycles. The first-order valence-electron chi connectivity index (χ1n) is 6.29. The Labute approximate surface area is 109 Å². The fraction of sp³-hybridized carbons (Fsp3) is 0.917. The lowest BCUT2D eigenvalue weighted by Crippen LogP contribution is -2.36. The summed E-state index contributed by atoms with van der Waals surface area (Å²) in [6, 6.07) is 0.0666. The smallest absolute Gasteiger partial charge is 0.144 e. The molecule has 0 bridgehead atoms. The maximum atomic E-state index is 9.15. The van der Waals surface area contributed by atoms with Crippen molar-refractivity contribution < 1.29 is 15.1 Å². The number of hydrogen-bond acceptors (Lipinski definition) is 5. The number of nitrogens with zero attached hydrogens (tertiary/aromatic N) is 1. The summed E-state index contributed by atoms with van der Waals surface area (Å²) in [6.45, 7) is 5.41. The largest absolute Gasteiger partial charge is 0.409 e. The molecule has 6 heteroatoms. The van der Waals surface area contributed by atoms with Gasteiger partial charge in [-0.25, -0.2) is 0 Å². The van der Waals surface area contributed by atoms with Crippen LogP contribution < -0.4 is 11.1 Å². The maximum absolute atomic E-state index is 9.15. The molecule has 0 aliphatic carbocycles. The Morgan fingerprint density at radius 1 is 1.50 bits per heavy atom. The normalized spacial score (nSPS) is 14.8. The molecule has 0 saturated heterocycles. The molecular weight excluding hydrogens is 234 g/mol. The van der Waals surface area contributed by atoms with E-state index < -0.39 is 0 Å². The third-order valence-corrected chi connectivity index (χ3v) is 3.10. The lowest BCUT2D eigenvalue weighted by Gasteiger charge is -2.23. The summed E-state index contributed by atoms with van der Waals surface area (Å²) in [5, 5.41) is 24.1. The molecule has 0 fully saturated rings. The van der Waals surface area contributed by atoms with Gasteiger partial charge in [0.1, 0.15) is 5.84 Å². The van der Waals surface area contributed by atoms with Gasteiger partial charge < -0.3 is 26.1 Å². The Kier molecular flexibility index (Phi) is 8.70. The lowest BCUT2D eigenvalue weighted by molar-refractivity contribution is 0.159. The van der Waals surface area contributed by atoms with Gasteiger partial charge in [0.2, 0.25) is 0 Å². The van der Waals surface area contributed by atoms with Crippen LogP contribution in [0.4, 0.5) is 0 Å². The highest BCUT2D eigenvalue weighted by atomic mass is 16.5. The highest BCUT2D eigenvalue weighted by Gasteiger charge is 2.22. The second-order valence-corrected chi connectivity index (χ2v) is 5.09. The summed E-state index contributed by atoms with van der Waals surface area (Å²) in [7, 11) is 1.65. The van der Waals surface area contributed by atoms with Crippen LogP contribution in [0.5, 0.6) is 0 Å². The molecule has 0 aliphatic heterocycles. The van der Waals surface area contributed by atoms with Crippen molar-refractivity contribution in [1.82, 2.24) is 5.32 Å². The van der Waals surface area contributed by atoms with E-state index in [4.69, 9.17) is 20.8 Å². The minimum Gasteiger partial charge on any atom is -0.409 e. The van der Waals surface area contributed by atoms with E-state index in [2.05, 4.69) is 10.5 Å². The van der Waals surface area contributed by atoms with Gasteiger partial charge in [-0.2, -0.15) is 0 Å². The molecule has 5 N–H and O–H groups in total. The second-order valence-electron chi connectivity index (χ2n) is 5.09. The summed E-state index contributed by atoms with van der Waals surface area (Å²) in [5.41, 5.74) is 5.30. The Morgan fingerprint density at radius 3 is 2.67 bits per heavy atom. The van der Waals surface area contributed by atoms with Gasteiger partial charge in [0.05, 0.1) is 6.61 Å². The molecule has 0 radical (unpaired) electrons. The van der Waals surface area contributed by atoms with Crippen LogP contribution in [0.15, 0.2) is 5.16 Å². The topological polar surface area (TPSA) is 100 Å². The van der Waals surface area contributed by atoms with E-state index in [1.54, 1.807) is 7.11 Å². The first kappa shape index (κ1) is 17.2. The molecule has 0 amide bonds. The van der Waals surface area contributed by atoms with Crippen LogP contribution in [0, 0.1) is 5.41 Å². The zero-order valence-corrected chi connectivity index (χ0v) is 11.6. The van der Waals surface area contributed by atoms with Crippen LogP contribution in [0.2, 0.25) is 0 Å². The van der Waals surface area contributed by atoms with Crippen molar-refractivity contribution in [3.05, 3.63) is 0 Å². The Hall–Kier alpha value is -0.850. The number of nitrogens with one attached hydrogen (secondary N) is 1. The quantitative estimate of drug-likeness (QED) is 0.151. The molecule has 1 atom stereocenters. The Bertz CT molecular complexity index is 245. The number of hydrogen-bond donors (Lipinski definition) is 4. The van der Waals surface area contributed by atoms with Gasteiger partial charge in [0, 0.05) is 25.2 Å². The zero-order chi connectivity index (χ0) is 14.0. The van der Waals surface area contributed by atoms with E-state index in [0.717, 1.165) is 25.8 Å². The molecule has 0 saturated carbocycles. The van der Waals surface area contributed by atoms with Crippen molar-refractivity contribution in [3.63, 3.8) is 0 Å². The maximum Gasteiger partial charge on any atom is 0.144 e. The molecule has 18 heavy (non-hydrogen) atoms. The van der Waals surface area contributed by atoms with E-state index in [1.165, 1.54) is 0 Å². The lowest BCUT2D eigenvalue weighted by atomic mass is 9.86. The minimum absolute atomic E-state index is 0.0666. The first-order chi connectivity index (χ1) is 8.47. The van der Waals surface area contributed by atoms with E-state index in [1.807, 2.05) is 13.8 Å². The third-order valence-electron chi connectivity index (χ3n) is 3.10. The minimum atomic E-state index is -0.308. The highest BCUT2D eigenvalue weighted by Crippen LogP contribution is 2.21. The molecule has 0 aliphatic rings. The van der Waals surface area contributed by atoms with Gasteiger partial charge in [-0.15, -0.1) is 0 Å². The molecule has 1 unspecified atom stereocenters. The summed E-state index contributed by atoms with van der Waals surface area (Å²) in [6.07, 6.45) is 2.50. The SMILES string of the molecule is COCCC(CO)NCCCC(C)(C)C(N)=NO. The summed E-state index contributed by atoms with van der Waals surface area (Å²) < 4.78 is 4.97. The number of oxime groups is 1. The molecule has 0 rings (SSSR count). The fourth-order valence-electron chi connectivity index (χ4n) is 1.62. The van der Waals surface area contributed by atoms with Gasteiger partial charge >= 0.3 is 0 Å². The van der Waals surface area contributed by atoms with Crippen LogP contribution >= 0.6 is 0 Å². The van der Waals surface area contributed by atoms with Gasteiger partial charge in [-0.05, 0) is 25.8 Å². The summed E-state index contributed by atoms with van der Waals surface area (Å²) in [5.74, 6) is 0.251. The van der Waals surface area contributed by atoms with Crippen molar-refractivity contribution in [2.75, 3.05) is 26.9 Å². The van der Waals surface area contributed by atoms with Gasteiger partial charge in [0.15, 0.2) is 0 Å². The van der Waals surface area contributed by atoms with Crippen LogP contribution in [0.3, 0.4) is 0 Å². The molecule has 0 spiro atoms. The predicted octanol–water partition coefficient (Wildman–Crippen LogP) is 0.526. The molecule has 0 aromatic carbocycles. The van der Waals surface area contributed by atoms with E-state index in [9.17, 15) is 0 Å². The van der Waals surface area contributed by atoms with E-state index >= 15 is 0 Å². The van der Waals surface area contributed by atoms with Crippen molar-refractivity contribution in [3.8, 4) is 0 Å². The van der Waals surface area contributed by atoms with Gasteiger partial charge in [-0.3, -0.25) is 0 Å². The van der Waals surface area contributed by atoms with Gasteiger partial charge in [-0.1, -0.05) is 19.0 Å². The number of nitrogens with two attached hydrogens (primary N) is 1. The fourth-order valence-corrected chi connectivity index (χ4v) is 1.62. The average Bonchev–Trinajstić information content (AvgIpc) is 2.36. The molecule has 0 aromatic heterocycles. The van der Waals surface area contributed by atoms with Crippen LogP contribution in [0.1, 0.15) is 33.1 Å². The van der Waals surface area contributed by atoms with E-state index in [0.29, 0.717) is 6.61 Å². The predicted molar refractivity (Wildman–Crippen MR) is 71.8 cm³/mol. The number of rotatable bonds is 10. The van der Waals surface area contributed by atoms with Crippen LogP contribution in [0.25, 0.3) is 0 Å². The van der Waals surface area contributed by atoms with Crippen molar-refractivity contribution >= 4 is 5.84 Å². The van der Waals surface area contributed by atoms with Gasteiger partial charge in [0.25, 0.3) is 0 Å². The number of amidine groups is 1. The summed E-state index contributed by atoms with van der Waals surface area (Å²) in [4.78, 5) is 0. The van der Waals surface area contributed by atoms with Crippen LogP contribution in [-0.2, 0) is 4.74 Å². The molecule has 108 valence electrons. The van der Waals surface area contributed by atoms with Crippen molar-refractivity contribution in [1.29, 1.82) is 0 Å². The Morgan fingerprint density at radius 2 is 2.17 bits per heavy atom. The van der Waals surface area contributed by atoms with Crippen LogP contribution in [-0.4, -0.2) is 49.1 Å². The molecule has 6 nitrogen and oxygen atoms in total. The average molecular weight is 261 g/mol. The first-order valence-corrected chi connectivity index (χ1v) is 6.29. The third kappa shape index (κ3) is 6.78. The van der Waals surface area contributed by atoms with Crippen molar-refractivity contribution in [2.45, 2.75) is 39.2 Å². The molecular formula is C12H27N3O3. The zero-order valence-electron chi connectivity index (χ0n) is 11.6. The highest BCUT2D eigenvalue weighted by molar-refractivity contribution is 5.85. The van der Waals surface area contributed by atoms with E-state index in [-0.39, 0.29) is 23.9 Å². The number of methoxy groups -OCH3 is 1. The monoisotopic (exact) mass is 261 g/mol. The standard InChI is InChI=1S/C12H27N3O3/c1-12(2,11(13)15-17)6-4-7-14-10(9-16)5-8-18-3/h10,14,16-17H,4-9H2,1-3H3,(H2,13,15). The second kappa shape index (κ2) is 9.13. The Balaban J connectivity index is 3.84. The number of aliphatic hydroxyl groups excluding tert-OH is 1. The number of aliphatic hydroxyl groups is 1. The number of ether oxygens (including phenoxy) is 1.